The molecule has 4 heteroatoms. The van der Waals surface area contributed by atoms with E-state index in [0.717, 1.165) is 19.3 Å². The van der Waals surface area contributed by atoms with Crippen LogP contribution in [0.1, 0.15) is 31.2 Å². The normalized spacial score (nSPS) is 10.4. The maximum absolute atomic E-state index is 11.4. The molecule has 0 aromatic heterocycles. The summed E-state index contributed by atoms with van der Waals surface area (Å²) in [5, 5.41) is 2.88. The molecule has 0 unspecified atom stereocenters. The van der Waals surface area contributed by atoms with Crippen molar-refractivity contribution in [2.24, 2.45) is 0 Å². The van der Waals surface area contributed by atoms with Gasteiger partial charge in [-0.2, -0.15) is 0 Å². The third kappa shape index (κ3) is 8.62. The molecule has 0 spiro atoms. The number of carbonyl (C=O) groups excluding carboxylic acids is 1. The van der Waals surface area contributed by atoms with Gasteiger partial charge < -0.3 is 10.1 Å². The predicted octanol–water partition coefficient (Wildman–Crippen LogP) is 3.12. The molecule has 0 radical (unpaired) electrons. The van der Waals surface area contributed by atoms with Crippen LogP contribution >= 0.6 is 11.6 Å². The van der Waals surface area contributed by atoms with Crippen molar-refractivity contribution >= 4 is 17.5 Å². The quantitative estimate of drug-likeness (QED) is 0.529. The van der Waals surface area contributed by atoms with Gasteiger partial charge in [-0.1, -0.05) is 30.3 Å². The number of hydrogen-bond acceptors (Lipinski definition) is 2. The largest absolute Gasteiger partial charge is 0.377 e. The molecule has 1 aromatic carbocycles. The summed E-state index contributed by atoms with van der Waals surface area (Å²) in [4.78, 5) is 11.4. The highest BCUT2D eigenvalue weighted by Crippen LogP contribution is 2.00. The van der Waals surface area contributed by atoms with E-state index in [1.165, 1.54) is 5.56 Å². The summed E-state index contributed by atoms with van der Waals surface area (Å²) in [5.74, 6) is 0.730. The highest BCUT2D eigenvalue weighted by atomic mass is 35.5. The summed E-state index contributed by atoms with van der Waals surface area (Å²) in [6, 6.07) is 10.1. The lowest BCUT2D eigenvalue weighted by Gasteiger charge is -2.06. The van der Waals surface area contributed by atoms with Gasteiger partial charge in [0.25, 0.3) is 0 Å². The van der Waals surface area contributed by atoms with Crippen LogP contribution in [0.2, 0.25) is 0 Å². The molecule has 1 amide bonds. The number of unbranched alkanes of at least 4 members (excludes halogenated alkanes) is 1. The Morgan fingerprint density at radius 1 is 1.16 bits per heavy atom. The zero-order valence-electron chi connectivity index (χ0n) is 11.2. The summed E-state index contributed by atoms with van der Waals surface area (Å²) >= 11 is 5.55. The van der Waals surface area contributed by atoms with Crippen LogP contribution in [-0.4, -0.2) is 24.9 Å². The monoisotopic (exact) mass is 283 g/mol. The van der Waals surface area contributed by atoms with E-state index in [9.17, 15) is 4.79 Å². The second-order valence-corrected chi connectivity index (χ2v) is 4.77. The Labute approximate surface area is 120 Å². The van der Waals surface area contributed by atoms with Crippen LogP contribution < -0.4 is 5.32 Å². The van der Waals surface area contributed by atoms with Crippen LogP contribution in [-0.2, 0) is 16.1 Å². The maximum atomic E-state index is 11.4. The lowest BCUT2D eigenvalue weighted by atomic mass is 10.2. The molecule has 1 rings (SSSR count). The van der Waals surface area contributed by atoms with Gasteiger partial charge in [-0.3, -0.25) is 4.79 Å². The number of halogens is 1. The van der Waals surface area contributed by atoms with Gasteiger partial charge in [-0.05, 0) is 24.8 Å². The lowest BCUT2D eigenvalue weighted by Crippen LogP contribution is -2.24. The van der Waals surface area contributed by atoms with Gasteiger partial charge >= 0.3 is 0 Å². The fourth-order valence-electron chi connectivity index (χ4n) is 1.63. The second-order valence-electron chi connectivity index (χ2n) is 4.39. The molecule has 19 heavy (non-hydrogen) atoms. The van der Waals surface area contributed by atoms with Crippen LogP contribution in [0.5, 0.6) is 0 Å². The van der Waals surface area contributed by atoms with Crippen molar-refractivity contribution in [1.82, 2.24) is 5.32 Å². The number of rotatable bonds is 10. The van der Waals surface area contributed by atoms with Crippen LogP contribution in [0.4, 0.5) is 0 Å². The first-order valence-corrected chi connectivity index (χ1v) is 7.30. The zero-order valence-corrected chi connectivity index (χ0v) is 12.0. The van der Waals surface area contributed by atoms with Gasteiger partial charge in [0, 0.05) is 25.5 Å². The fraction of sp³-hybridized carbons (Fsp3) is 0.533. The standard InChI is InChI=1S/C15H22ClNO2/c16-10-5-4-9-15(18)17-11-6-12-19-13-14-7-2-1-3-8-14/h1-3,7-8H,4-6,9-13H2,(H,17,18). The Morgan fingerprint density at radius 2 is 1.95 bits per heavy atom. The molecular weight excluding hydrogens is 262 g/mol. The van der Waals surface area contributed by atoms with Gasteiger partial charge in [0.2, 0.25) is 5.91 Å². The summed E-state index contributed by atoms with van der Waals surface area (Å²) in [6.45, 7) is 1.97. The topological polar surface area (TPSA) is 38.3 Å². The summed E-state index contributed by atoms with van der Waals surface area (Å²) in [6.07, 6.45) is 3.17. The first kappa shape index (κ1) is 16.0. The maximum Gasteiger partial charge on any atom is 0.219 e. The van der Waals surface area contributed by atoms with E-state index in [1.54, 1.807) is 0 Å². The van der Waals surface area contributed by atoms with Gasteiger partial charge in [0.05, 0.1) is 6.61 Å². The van der Waals surface area contributed by atoms with E-state index in [0.29, 0.717) is 32.1 Å². The molecule has 0 atom stereocenters. The van der Waals surface area contributed by atoms with Crippen molar-refractivity contribution in [2.75, 3.05) is 19.0 Å². The van der Waals surface area contributed by atoms with Crippen LogP contribution in [0.3, 0.4) is 0 Å². The third-order valence-corrected chi connectivity index (χ3v) is 2.95. The first-order chi connectivity index (χ1) is 9.33. The van der Waals surface area contributed by atoms with E-state index in [2.05, 4.69) is 5.32 Å². The van der Waals surface area contributed by atoms with E-state index in [1.807, 2.05) is 30.3 Å². The Balaban J connectivity index is 1.92. The Morgan fingerprint density at radius 3 is 2.68 bits per heavy atom. The lowest BCUT2D eigenvalue weighted by molar-refractivity contribution is -0.121. The average Bonchev–Trinajstić information content (AvgIpc) is 2.44. The molecule has 106 valence electrons. The molecule has 0 saturated carbocycles. The van der Waals surface area contributed by atoms with E-state index in [4.69, 9.17) is 16.3 Å². The zero-order chi connectivity index (χ0) is 13.8. The van der Waals surface area contributed by atoms with Crippen molar-refractivity contribution in [3.8, 4) is 0 Å². The first-order valence-electron chi connectivity index (χ1n) is 6.77. The second kappa shape index (κ2) is 10.8. The number of hydrogen-bond donors (Lipinski definition) is 1. The summed E-state index contributed by atoms with van der Waals surface area (Å²) in [5.41, 5.74) is 1.17. The predicted molar refractivity (Wildman–Crippen MR) is 78.3 cm³/mol. The highest BCUT2D eigenvalue weighted by molar-refractivity contribution is 6.17. The molecule has 1 N–H and O–H groups in total. The van der Waals surface area contributed by atoms with Crippen molar-refractivity contribution in [3.63, 3.8) is 0 Å². The summed E-state index contributed by atoms with van der Waals surface area (Å²) < 4.78 is 5.53. The molecule has 0 fully saturated rings. The van der Waals surface area contributed by atoms with Crippen LogP contribution in [0.25, 0.3) is 0 Å². The van der Waals surface area contributed by atoms with E-state index >= 15 is 0 Å². The molecule has 1 aromatic rings. The minimum Gasteiger partial charge on any atom is -0.377 e. The smallest absolute Gasteiger partial charge is 0.219 e. The molecule has 0 saturated heterocycles. The average molecular weight is 284 g/mol. The van der Waals surface area contributed by atoms with Crippen LogP contribution in [0.15, 0.2) is 30.3 Å². The third-order valence-electron chi connectivity index (χ3n) is 2.69. The Bertz CT molecular complexity index is 343. The van der Waals surface area contributed by atoms with Crippen molar-refractivity contribution in [2.45, 2.75) is 32.3 Å². The van der Waals surface area contributed by atoms with Gasteiger partial charge in [-0.25, -0.2) is 0 Å². The Hall–Kier alpha value is -1.06. The van der Waals surface area contributed by atoms with Crippen molar-refractivity contribution < 1.29 is 9.53 Å². The van der Waals surface area contributed by atoms with Gasteiger partial charge in [0.15, 0.2) is 0 Å². The number of alkyl halides is 1. The fourth-order valence-corrected chi connectivity index (χ4v) is 1.82. The minimum atomic E-state index is 0.105. The van der Waals surface area contributed by atoms with E-state index in [-0.39, 0.29) is 5.91 Å². The number of benzene rings is 1. The summed E-state index contributed by atoms with van der Waals surface area (Å²) in [7, 11) is 0. The number of carbonyl (C=O) groups is 1. The molecule has 0 aliphatic rings. The Kier molecular flexibility index (Phi) is 9.11. The van der Waals surface area contributed by atoms with Gasteiger partial charge in [0.1, 0.15) is 0 Å². The number of amides is 1. The molecule has 3 nitrogen and oxygen atoms in total. The van der Waals surface area contributed by atoms with Crippen LogP contribution in [0, 0.1) is 0 Å². The molecule has 0 heterocycles. The minimum absolute atomic E-state index is 0.105. The molecule has 0 aliphatic carbocycles. The van der Waals surface area contributed by atoms with Gasteiger partial charge in [-0.15, -0.1) is 11.6 Å². The van der Waals surface area contributed by atoms with E-state index < -0.39 is 0 Å². The molecule has 0 aliphatic heterocycles. The molecule has 0 bridgehead atoms. The number of nitrogens with one attached hydrogen (secondary N) is 1. The van der Waals surface area contributed by atoms with Crippen molar-refractivity contribution in [1.29, 1.82) is 0 Å². The van der Waals surface area contributed by atoms with Crippen molar-refractivity contribution in [3.05, 3.63) is 35.9 Å². The molecular formula is C15H22ClNO2. The number of ether oxygens (including phenoxy) is 1. The highest BCUT2D eigenvalue weighted by Gasteiger charge is 1.99. The SMILES string of the molecule is O=C(CCCCCl)NCCCOCc1ccccc1.